The van der Waals surface area contributed by atoms with Crippen LogP contribution in [0.4, 0.5) is 5.69 Å². The Morgan fingerprint density at radius 1 is 0.667 bits per heavy atom. The number of carbonyl (C=O) groups excluding carboxylic acids is 4. The van der Waals surface area contributed by atoms with E-state index in [-0.39, 0.29) is 28.5 Å². The Bertz CT molecular complexity index is 2310. The number of rotatable bonds is 17. The zero-order chi connectivity index (χ0) is 42.1. The van der Waals surface area contributed by atoms with E-state index in [1.165, 1.54) is 29.2 Å². The summed E-state index contributed by atoms with van der Waals surface area (Å²) in [7, 11) is -4.48. The summed E-state index contributed by atoms with van der Waals surface area (Å²) in [6.07, 6.45) is 11.3. The zero-order valence-corrected chi connectivity index (χ0v) is 34.7. The van der Waals surface area contributed by atoms with Crippen molar-refractivity contribution in [3.63, 3.8) is 0 Å². The summed E-state index contributed by atoms with van der Waals surface area (Å²) < 4.78 is 39.3. The fraction of sp³-hybridized carbons (Fsp3) is 0.435. The van der Waals surface area contributed by atoms with Crippen molar-refractivity contribution < 1.29 is 36.9 Å². The molecular weight excluding hydrogens is 783 g/mol. The third kappa shape index (κ3) is 10.5. The molecule has 0 radical (unpaired) electrons. The second-order valence-corrected chi connectivity index (χ2v) is 17.7. The van der Waals surface area contributed by atoms with Crippen molar-refractivity contribution in [2.24, 2.45) is 11.8 Å². The van der Waals surface area contributed by atoms with Crippen LogP contribution in [0, 0.1) is 11.8 Å². The Morgan fingerprint density at radius 2 is 1.18 bits per heavy atom. The first-order chi connectivity index (χ1) is 29.1. The molecule has 0 spiro atoms. The summed E-state index contributed by atoms with van der Waals surface area (Å²) in [5, 5.41) is 7.85. The van der Waals surface area contributed by atoms with Crippen molar-refractivity contribution in [3.8, 4) is 0 Å². The molecule has 7 rings (SSSR count). The van der Waals surface area contributed by atoms with Crippen LogP contribution in [0.3, 0.4) is 0 Å². The molecule has 2 fully saturated rings. The van der Waals surface area contributed by atoms with Gasteiger partial charge in [-0.25, -0.2) is 4.79 Å². The van der Waals surface area contributed by atoms with Crippen LogP contribution in [-0.4, -0.2) is 71.9 Å². The van der Waals surface area contributed by atoms with Gasteiger partial charge in [0.25, 0.3) is 21.9 Å². The summed E-state index contributed by atoms with van der Waals surface area (Å²) in [4.78, 5) is 62.9. The highest BCUT2D eigenvalue weighted by atomic mass is 32.2. The number of aromatic nitrogens is 2. The molecule has 2 aromatic heterocycles. The van der Waals surface area contributed by atoms with Crippen molar-refractivity contribution in [2.45, 2.75) is 107 Å². The number of amides is 3. The van der Waals surface area contributed by atoms with Crippen molar-refractivity contribution in [2.75, 3.05) is 18.0 Å². The summed E-state index contributed by atoms with van der Waals surface area (Å²) in [5.74, 6) is -1.67. The number of nitrogens with zero attached hydrogens (tertiary/aromatic N) is 1. The molecule has 5 aromatic rings. The van der Waals surface area contributed by atoms with Gasteiger partial charge in [-0.15, -0.1) is 0 Å². The predicted octanol–water partition coefficient (Wildman–Crippen LogP) is 8.09. The number of anilines is 1. The minimum Gasteiger partial charge on any atom is -0.447 e. The van der Waals surface area contributed by atoms with Gasteiger partial charge in [-0.1, -0.05) is 87.8 Å². The molecule has 14 heteroatoms. The molecule has 5 N–H and O–H groups in total. The van der Waals surface area contributed by atoms with Gasteiger partial charge in [0.2, 0.25) is 5.91 Å². The molecule has 2 atom stereocenters. The standard InChI is InChI=1S/C46H55N5O8S/c52-43(47-27-13-1-2-14-28-48-44(53)42(32-17-7-4-8-18-32)59-46(55)40-30-34-20-10-12-22-38(34)50-40)41(31-15-5-3-6-16-31)51(35-23-25-36(26-24-35)60(56,57)58)45(54)39-29-33-19-9-11-21-37(33)49-39/h9-12,19-26,29-32,41-42,49-50H,1-8,13-18,27-28H2,(H,47,52)(H,48,53)(H,56,57,58). The SMILES string of the molecule is O=C(OC(C(=O)NCCCCCCNC(=O)C(C1CCCCC1)N(C(=O)c1cc2ccccc2[nH]1)c1ccc(S(=O)(=O)O)cc1)C1CCCCC1)c1cc2ccccc2[nH]1. The van der Waals surface area contributed by atoms with E-state index in [1.54, 1.807) is 12.1 Å². The number of aromatic amines is 2. The van der Waals surface area contributed by atoms with Crippen LogP contribution in [0.5, 0.6) is 0 Å². The molecule has 0 bridgehead atoms. The lowest BCUT2D eigenvalue weighted by Gasteiger charge is -2.37. The summed E-state index contributed by atoms with van der Waals surface area (Å²) >= 11 is 0. The molecule has 3 amide bonds. The second-order valence-electron chi connectivity index (χ2n) is 16.2. The first-order valence-electron chi connectivity index (χ1n) is 21.4. The number of ether oxygens (including phenoxy) is 1. The van der Waals surface area contributed by atoms with Crippen LogP contribution < -0.4 is 15.5 Å². The van der Waals surface area contributed by atoms with Gasteiger partial charge in [-0.2, -0.15) is 8.42 Å². The van der Waals surface area contributed by atoms with Gasteiger partial charge in [-0.3, -0.25) is 23.8 Å². The van der Waals surface area contributed by atoms with Crippen LogP contribution in [0.25, 0.3) is 21.8 Å². The number of H-pyrrole nitrogens is 2. The number of benzene rings is 3. The molecule has 2 aliphatic rings. The lowest BCUT2D eigenvalue weighted by atomic mass is 9.82. The maximum Gasteiger partial charge on any atom is 0.355 e. The Morgan fingerprint density at radius 3 is 1.75 bits per heavy atom. The van der Waals surface area contributed by atoms with E-state index in [2.05, 4.69) is 20.6 Å². The summed E-state index contributed by atoms with van der Waals surface area (Å²) in [6, 6.07) is 23.1. The Balaban J connectivity index is 0.953. The van der Waals surface area contributed by atoms with Gasteiger partial charge >= 0.3 is 5.97 Å². The van der Waals surface area contributed by atoms with E-state index in [1.807, 2.05) is 48.5 Å². The van der Waals surface area contributed by atoms with Crippen LogP contribution in [-0.2, 0) is 24.4 Å². The van der Waals surface area contributed by atoms with Crippen molar-refractivity contribution in [1.82, 2.24) is 20.6 Å². The lowest BCUT2D eigenvalue weighted by Crippen LogP contribution is -2.54. The van der Waals surface area contributed by atoms with E-state index in [9.17, 15) is 32.1 Å². The lowest BCUT2D eigenvalue weighted by molar-refractivity contribution is -0.133. The molecule has 0 saturated heterocycles. The zero-order valence-electron chi connectivity index (χ0n) is 33.9. The van der Waals surface area contributed by atoms with Gasteiger partial charge in [0.15, 0.2) is 6.10 Å². The number of esters is 1. The minimum atomic E-state index is -4.48. The van der Waals surface area contributed by atoms with Gasteiger partial charge < -0.3 is 25.3 Å². The highest BCUT2D eigenvalue weighted by Gasteiger charge is 2.39. The second kappa shape index (κ2) is 19.7. The third-order valence-electron chi connectivity index (χ3n) is 12.1. The minimum absolute atomic E-state index is 0.0298. The molecule has 13 nitrogen and oxygen atoms in total. The fourth-order valence-corrected chi connectivity index (χ4v) is 9.37. The van der Waals surface area contributed by atoms with E-state index < -0.39 is 34.1 Å². The first kappa shape index (κ1) is 42.6. The van der Waals surface area contributed by atoms with Gasteiger partial charge in [0.1, 0.15) is 17.4 Å². The first-order valence-corrected chi connectivity index (χ1v) is 22.8. The van der Waals surface area contributed by atoms with Crippen LogP contribution >= 0.6 is 0 Å². The number of carbonyl (C=O) groups is 4. The highest BCUT2D eigenvalue weighted by molar-refractivity contribution is 7.85. The fourth-order valence-electron chi connectivity index (χ4n) is 8.89. The molecule has 0 aliphatic heterocycles. The number of hydrogen-bond donors (Lipinski definition) is 5. The van der Waals surface area contributed by atoms with Crippen molar-refractivity contribution in [1.29, 1.82) is 0 Å². The normalized spacial score (nSPS) is 16.3. The predicted molar refractivity (Wildman–Crippen MR) is 230 cm³/mol. The topological polar surface area (TPSA) is 191 Å². The molecule has 2 heterocycles. The number of hydrogen-bond acceptors (Lipinski definition) is 7. The average Bonchev–Trinajstić information content (AvgIpc) is 3.91. The van der Waals surface area contributed by atoms with E-state index in [0.717, 1.165) is 98.9 Å². The summed E-state index contributed by atoms with van der Waals surface area (Å²) in [5.41, 5.74) is 2.57. The summed E-state index contributed by atoms with van der Waals surface area (Å²) in [6.45, 7) is 0.821. The van der Waals surface area contributed by atoms with E-state index in [4.69, 9.17) is 4.74 Å². The smallest absolute Gasteiger partial charge is 0.355 e. The van der Waals surface area contributed by atoms with Gasteiger partial charge in [0.05, 0.1) is 4.90 Å². The van der Waals surface area contributed by atoms with E-state index >= 15 is 0 Å². The highest BCUT2D eigenvalue weighted by Crippen LogP contribution is 2.34. The molecule has 3 aromatic carbocycles. The average molecular weight is 838 g/mol. The van der Waals surface area contributed by atoms with E-state index in [0.29, 0.717) is 43.0 Å². The molecule has 2 saturated carbocycles. The van der Waals surface area contributed by atoms with Crippen molar-refractivity contribution >= 4 is 61.3 Å². The largest absolute Gasteiger partial charge is 0.447 e. The molecular formula is C46H55N5O8S. The number of para-hydroxylation sites is 2. The van der Waals surface area contributed by atoms with Crippen LogP contribution in [0.2, 0.25) is 0 Å². The molecule has 60 heavy (non-hydrogen) atoms. The molecule has 2 aliphatic carbocycles. The van der Waals surface area contributed by atoms with Gasteiger partial charge in [0, 0.05) is 46.5 Å². The maximum absolute atomic E-state index is 14.5. The van der Waals surface area contributed by atoms with Crippen LogP contribution in [0.15, 0.2) is 89.8 Å². The van der Waals surface area contributed by atoms with Crippen LogP contribution in [0.1, 0.15) is 111 Å². The number of nitrogens with one attached hydrogen (secondary N) is 4. The Kier molecular flexibility index (Phi) is 14.0. The maximum atomic E-state index is 14.5. The quantitative estimate of drug-likeness (QED) is 0.0353. The molecule has 2 unspecified atom stereocenters. The Hall–Kier alpha value is -5.47. The third-order valence-corrected chi connectivity index (χ3v) is 12.9. The number of fused-ring (bicyclic) bond motifs is 2. The molecule has 318 valence electrons. The monoisotopic (exact) mass is 837 g/mol. The number of unbranched alkanes of at least 4 members (excludes halogenated alkanes) is 3. The Labute approximate surface area is 350 Å². The van der Waals surface area contributed by atoms with Gasteiger partial charge in [-0.05, 0) is 93.0 Å². The van der Waals surface area contributed by atoms with Crippen molar-refractivity contribution in [3.05, 3.63) is 96.3 Å².